The molecular formula is C17H25Cl2N3OS. The largest absolute Gasteiger partial charge is 0.379 e. The summed E-state index contributed by atoms with van der Waals surface area (Å²) in [7, 11) is 0. The molecule has 24 heavy (non-hydrogen) atoms. The fourth-order valence-electron chi connectivity index (χ4n) is 2.82. The minimum Gasteiger partial charge on any atom is -0.379 e. The van der Waals surface area contributed by atoms with Gasteiger partial charge < -0.3 is 15.4 Å². The Morgan fingerprint density at radius 2 is 2.00 bits per heavy atom. The molecule has 0 radical (unpaired) electrons. The average molecular weight is 390 g/mol. The first-order chi connectivity index (χ1) is 11.5. The van der Waals surface area contributed by atoms with Crippen LogP contribution in [0.3, 0.4) is 0 Å². The molecule has 0 bridgehead atoms. The van der Waals surface area contributed by atoms with Crippen LogP contribution in [0.25, 0.3) is 0 Å². The van der Waals surface area contributed by atoms with Crippen LogP contribution < -0.4 is 10.6 Å². The summed E-state index contributed by atoms with van der Waals surface area (Å²) >= 11 is 17.5. The zero-order valence-corrected chi connectivity index (χ0v) is 16.5. The van der Waals surface area contributed by atoms with Crippen molar-refractivity contribution in [3.63, 3.8) is 0 Å². The average Bonchev–Trinajstić information content (AvgIpc) is 2.54. The Kier molecular flexibility index (Phi) is 8.04. The van der Waals surface area contributed by atoms with Crippen LogP contribution in [-0.2, 0) is 4.74 Å². The van der Waals surface area contributed by atoms with Crippen molar-refractivity contribution in [2.75, 3.05) is 38.2 Å². The molecule has 4 nitrogen and oxygen atoms in total. The third-order valence-electron chi connectivity index (χ3n) is 3.98. The van der Waals surface area contributed by atoms with Crippen molar-refractivity contribution >= 4 is 46.2 Å². The molecule has 1 fully saturated rings. The Morgan fingerprint density at radius 3 is 2.62 bits per heavy atom. The molecule has 2 rings (SSSR count). The van der Waals surface area contributed by atoms with Crippen LogP contribution in [0.5, 0.6) is 0 Å². The van der Waals surface area contributed by atoms with E-state index in [0.29, 0.717) is 27.1 Å². The Labute approximate surface area is 159 Å². The van der Waals surface area contributed by atoms with Gasteiger partial charge in [-0.05, 0) is 42.8 Å². The Hall–Kier alpha value is -0.590. The van der Waals surface area contributed by atoms with E-state index in [-0.39, 0.29) is 0 Å². The van der Waals surface area contributed by atoms with Crippen LogP contribution in [-0.4, -0.2) is 48.9 Å². The number of ether oxygens (including phenoxy) is 1. The molecule has 1 atom stereocenters. The number of thiocarbonyl (C=S) groups is 1. The summed E-state index contributed by atoms with van der Waals surface area (Å²) in [5.41, 5.74) is 0.755. The van der Waals surface area contributed by atoms with Crippen molar-refractivity contribution in [3.8, 4) is 0 Å². The highest BCUT2D eigenvalue weighted by Crippen LogP contribution is 2.25. The van der Waals surface area contributed by atoms with E-state index < -0.39 is 0 Å². The predicted octanol–water partition coefficient (Wildman–Crippen LogP) is 4.03. The van der Waals surface area contributed by atoms with Gasteiger partial charge in [-0.1, -0.05) is 37.0 Å². The van der Waals surface area contributed by atoms with Crippen molar-refractivity contribution in [2.24, 2.45) is 5.92 Å². The zero-order valence-electron chi connectivity index (χ0n) is 14.1. The maximum absolute atomic E-state index is 6.17. The van der Waals surface area contributed by atoms with E-state index in [0.717, 1.165) is 45.0 Å². The highest BCUT2D eigenvalue weighted by Gasteiger charge is 2.22. The van der Waals surface area contributed by atoms with Gasteiger partial charge in [0.2, 0.25) is 0 Å². The molecule has 1 aliphatic rings. The van der Waals surface area contributed by atoms with E-state index in [1.54, 1.807) is 12.1 Å². The van der Waals surface area contributed by atoms with E-state index >= 15 is 0 Å². The highest BCUT2D eigenvalue weighted by molar-refractivity contribution is 7.80. The van der Waals surface area contributed by atoms with Crippen molar-refractivity contribution < 1.29 is 4.74 Å². The second kappa shape index (κ2) is 9.78. The molecule has 0 aliphatic carbocycles. The van der Waals surface area contributed by atoms with Crippen LogP contribution in [0.15, 0.2) is 18.2 Å². The number of nitrogens with one attached hydrogen (secondary N) is 2. The van der Waals surface area contributed by atoms with Gasteiger partial charge in [-0.25, -0.2) is 0 Å². The minimum atomic E-state index is 0.439. The monoisotopic (exact) mass is 389 g/mol. The molecule has 2 N–H and O–H groups in total. The summed E-state index contributed by atoms with van der Waals surface area (Å²) in [5.74, 6) is 0.631. The van der Waals surface area contributed by atoms with Gasteiger partial charge in [0.1, 0.15) is 0 Å². The molecule has 1 aliphatic heterocycles. The number of hydrogen-bond acceptors (Lipinski definition) is 3. The lowest BCUT2D eigenvalue weighted by atomic mass is 10.0. The molecule has 1 heterocycles. The molecule has 1 aromatic carbocycles. The third-order valence-corrected chi connectivity index (χ3v) is 4.78. The molecule has 0 aromatic heterocycles. The summed E-state index contributed by atoms with van der Waals surface area (Å²) in [6.45, 7) is 8.85. The smallest absolute Gasteiger partial charge is 0.170 e. The molecule has 0 amide bonds. The van der Waals surface area contributed by atoms with Crippen LogP contribution >= 0.6 is 35.4 Å². The molecule has 7 heteroatoms. The highest BCUT2D eigenvalue weighted by atomic mass is 35.5. The van der Waals surface area contributed by atoms with Gasteiger partial charge in [0, 0.05) is 30.7 Å². The van der Waals surface area contributed by atoms with Crippen LogP contribution in [0.2, 0.25) is 10.0 Å². The summed E-state index contributed by atoms with van der Waals surface area (Å²) in [6.07, 6.45) is 1.12. The first-order valence-electron chi connectivity index (χ1n) is 8.27. The Balaban J connectivity index is 1.88. The first kappa shape index (κ1) is 19.7. The molecule has 1 saturated heterocycles. The maximum atomic E-state index is 6.17. The van der Waals surface area contributed by atoms with Gasteiger partial charge in [0.25, 0.3) is 0 Å². The molecule has 0 spiro atoms. The van der Waals surface area contributed by atoms with E-state index in [2.05, 4.69) is 29.4 Å². The quantitative estimate of drug-likeness (QED) is 0.718. The number of hydrogen-bond donors (Lipinski definition) is 2. The fourth-order valence-corrected chi connectivity index (χ4v) is 3.47. The van der Waals surface area contributed by atoms with Crippen LogP contribution in [0.1, 0.15) is 20.3 Å². The van der Waals surface area contributed by atoms with Crippen molar-refractivity contribution in [3.05, 3.63) is 28.2 Å². The topological polar surface area (TPSA) is 36.5 Å². The predicted molar refractivity (Wildman–Crippen MR) is 106 cm³/mol. The lowest BCUT2D eigenvalue weighted by Gasteiger charge is -2.35. The van der Waals surface area contributed by atoms with Gasteiger partial charge in [0.15, 0.2) is 5.11 Å². The molecular weight excluding hydrogens is 365 g/mol. The number of nitrogens with zero attached hydrogens (tertiary/aromatic N) is 1. The lowest BCUT2D eigenvalue weighted by molar-refractivity contribution is 0.0133. The maximum Gasteiger partial charge on any atom is 0.170 e. The van der Waals surface area contributed by atoms with Gasteiger partial charge in [-0.15, -0.1) is 0 Å². The SMILES string of the molecule is CC(C)C[C@H](CNC(=S)Nc1ccc(Cl)cc1Cl)N1CCOCC1. The number of anilines is 1. The van der Waals surface area contributed by atoms with Crippen LogP contribution in [0.4, 0.5) is 5.69 Å². The van der Waals surface area contributed by atoms with Gasteiger partial charge in [-0.3, -0.25) is 4.90 Å². The van der Waals surface area contributed by atoms with Crippen molar-refractivity contribution in [2.45, 2.75) is 26.3 Å². The number of rotatable bonds is 6. The van der Waals surface area contributed by atoms with Gasteiger partial charge in [-0.2, -0.15) is 0 Å². The van der Waals surface area contributed by atoms with Gasteiger partial charge in [0.05, 0.1) is 23.9 Å². The number of benzene rings is 1. The summed E-state index contributed by atoms with van der Waals surface area (Å²) in [5, 5.41) is 8.19. The van der Waals surface area contributed by atoms with E-state index in [9.17, 15) is 0 Å². The second-order valence-electron chi connectivity index (χ2n) is 6.39. The first-order valence-corrected chi connectivity index (χ1v) is 9.44. The van der Waals surface area contributed by atoms with Gasteiger partial charge >= 0.3 is 0 Å². The van der Waals surface area contributed by atoms with E-state index in [1.807, 2.05) is 6.07 Å². The number of halogens is 2. The third kappa shape index (κ3) is 6.37. The summed E-state index contributed by atoms with van der Waals surface area (Å²) < 4.78 is 5.46. The van der Waals surface area contributed by atoms with E-state index in [1.165, 1.54) is 0 Å². The zero-order chi connectivity index (χ0) is 17.5. The Bertz CT molecular complexity index is 551. The molecule has 134 valence electrons. The summed E-state index contributed by atoms with van der Waals surface area (Å²) in [4.78, 5) is 2.48. The molecule has 0 saturated carbocycles. The minimum absolute atomic E-state index is 0.439. The summed E-state index contributed by atoms with van der Waals surface area (Å²) in [6, 6.07) is 5.75. The van der Waals surface area contributed by atoms with Crippen molar-refractivity contribution in [1.82, 2.24) is 10.2 Å². The normalized spacial score (nSPS) is 16.9. The second-order valence-corrected chi connectivity index (χ2v) is 7.64. The Morgan fingerprint density at radius 1 is 1.29 bits per heavy atom. The number of morpholine rings is 1. The standard InChI is InChI=1S/C17H25Cl2N3OS/c1-12(2)9-14(22-5-7-23-8-6-22)11-20-17(24)21-16-4-3-13(18)10-15(16)19/h3-4,10,12,14H,5-9,11H2,1-2H3,(H2,20,21,24)/t14-/m1/s1. The molecule has 1 aromatic rings. The molecule has 0 unspecified atom stereocenters. The van der Waals surface area contributed by atoms with Crippen molar-refractivity contribution in [1.29, 1.82) is 0 Å². The lowest BCUT2D eigenvalue weighted by Crippen LogP contribution is -2.49. The van der Waals surface area contributed by atoms with E-state index in [4.69, 9.17) is 40.2 Å². The van der Waals surface area contributed by atoms with Crippen LogP contribution in [0, 0.1) is 5.92 Å². The fraction of sp³-hybridized carbons (Fsp3) is 0.588.